The van der Waals surface area contributed by atoms with Crippen LogP contribution in [0.5, 0.6) is 0 Å². The molecule has 108 valence electrons. The van der Waals surface area contributed by atoms with Gasteiger partial charge in [0.05, 0.1) is 0 Å². The van der Waals surface area contributed by atoms with Crippen LogP contribution < -0.4 is 5.32 Å². The second kappa shape index (κ2) is 9.89. The van der Waals surface area contributed by atoms with Crippen molar-refractivity contribution in [3.05, 3.63) is 35.2 Å². The molecule has 0 amide bonds. The summed E-state index contributed by atoms with van der Waals surface area (Å²) in [4.78, 5) is 0. The van der Waals surface area contributed by atoms with Gasteiger partial charge >= 0.3 is 0 Å². The van der Waals surface area contributed by atoms with Crippen molar-refractivity contribution in [3.8, 4) is 0 Å². The van der Waals surface area contributed by atoms with Gasteiger partial charge in [0.2, 0.25) is 0 Å². The van der Waals surface area contributed by atoms with E-state index in [-0.39, 0.29) is 0 Å². The highest BCUT2D eigenvalue weighted by Crippen LogP contribution is 2.15. The summed E-state index contributed by atoms with van der Waals surface area (Å²) < 4.78 is 0. The summed E-state index contributed by atoms with van der Waals surface area (Å²) >= 11 is 0. The van der Waals surface area contributed by atoms with Crippen molar-refractivity contribution in [2.24, 2.45) is 0 Å². The van der Waals surface area contributed by atoms with E-state index in [0.29, 0.717) is 0 Å². The minimum atomic E-state index is 1.24. The summed E-state index contributed by atoms with van der Waals surface area (Å²) in [6, 6.07) is 0. The fourth-order valence-electron chi connectivity index (χ4n) is 2.49. The molecule has 0 atom stereocenters. The van der Waals surface area contributed by atoms with E-state index < -0.39 is 0 Å². The van der Waals surface area contributed by atoms with Crippen LogP contribution >= 0.6 is 0 Å². The molecule has 0 aromatic rings. The van der Waals surface area contributed by atoms with Gasteiger partial charge in [-0.05, 0) is 38.0 Å². The van der Waals surface area contributed by atoms with E-state index in [1.165, 1.54) is 74.6 Å². The van der Waals surface area contributed by atoms with Gasteiger partial charge in [-0.25, -0.2) is 0 Å². The molecule has 0 saturated heterocycles. The fourth-order valence-corrected chi connectivity index (χ4v) is 2.49. The molecule has 0 unspecified atom stereocenters. The summed E-state index contributed by atoms with van der Waals surface area (Å²) in [7, 11) is 0. The van der Waals surface area contributed by atoms with Gasteiger partial charge in [0, 0.05) is 11.9 Å². The Bertz CT molecular complexity index is 300. The van der Waals surface area contributed by atoms with E-state index >= 15 is 0 Å². The molecular formula is C18H31N. The second-order valence-electron chi connectivity index (χ2n) is 5.79. The lowest BCUT2D eigenvalue weighted by atomic mass is 10.1. The Morgan fingerprint density at radius 3 is 1.58 bits per heavy atom. The predicted molar refractivity (Wildman–Crippen MR) is 86.0 cm³/mol. The first-order valence-corrected chi connectivity index (χ1v) is 7.99. The lowest BCUT2D eigenvalue weighted by Gasteiger charge is -2.04. The molecule has 1 heterocycles. The normalized spacial score (nSPS) is 20.9. The van der Waals surface area contributed by atoms with Crippen molar-refractivity contribution in [2.45, 2.75) is 78.6 Å². The van der Waals surface area contributed by atoms with Crippen molar-refractivity contribution in [2.75, 3.05) is 0 Å². The van der Waals surface area contributed by atoms with Gasteiger partial charge in [0.25, 0.3) is 0 Å². The van der Waals surface area contributed by atoms with Crippen LogP contribution in [0, 0.1) is 0 Å². The van der Waals surface area contributed by atoms with Gasteiger partial charge < -0.3 is 5.32 Å². The summed E-state index contributed by atoms with van der Waals surface area (Å²) in [5.41, 5.74) is 3.91. The maximum atomic E-state index is 3.17. The monoisotopic (exact) mass is 261 g/mol. The molecule has 0 aromatic heterocycles. The van der Waals surface area contributed by atoms with E-state index in [1.54, 1.807) is 0 Å². The fraction of sp³-hybridized carbons (Fsp3) is 0.667. The zero-order chi connectivity index (χ0) is 13.9. The van der Waals surface area contributed by atoms with Crippen LogP contribution in [-0.4, -0.2) is 0 Å². The second-order valence-corrected chi connectivity index (χ2v) is 5.79. The molecule has 0 bridgehead atoms. The van der Waals surface area contributed by atoms with Crippen LogP contribution in [0.3, 0.4) is 0 Å². The SMILES string of the molecule is C1CCCCCCCC1.CC1=CC=CNC(C)=C1C. The first-order valence-electron chi connectivity index (χ1n) is 7.99. The number of allylic oxidation sites excluding steroid dienone is 5. The molecule has 1 N–H and O–H groups in total. The molecule has 0 spiro atoms. The molecular weight excluding hydrogens is 230 g/mol. The van der Waals surface area contributed by atoms with Gasteiger partial charge in [-0.3, -0.25) is 0 Å². The van der Waals surface area contributed by atoms with Gasteiger partial charge in [-0.2, -0.15) is 0 Å². The Hall–Kier alpha value is -0.980. The maximum Gasteiger partial charge on any atom is 0.0147 e. The molecule has 2 rings (SSSR count). The van der Waals surface area contributed by atoms with Crippen molar-refractivity contribution in [3.63, 3.8) is 0 Å². The molecule has 1 nitrogen and oxygen atoms in total. The molecule has 1 aliphatic carbocycles. The number of hydrogen-bond acceptors (Lipinski definition) is 1. The average molecular weight is 261 g/mol. The average Bonchev–Trinajstić information content (AvgIpc) is 2.55. The van der Waals surface area contributed by atoms with E-state index in [9.17, 15) is 0 Å². The topological polar surface area (TPSA) is 12.0 Å². The summed E-state index contributed by atoms with van der Waals surface area (Å²) in [5, 5.41) is 3.17. The smallest absolute Gasteiger partial charge is 0.0147 e. The molecule has 19 heavy (non-hydrogen) atoms. The van der Waals surface area contributed by atoms with E-state index in [2.05, 4.69) is 32.2 Å². The third kappa shape index (κ3) is 7.25. The third-order valence-corrected chi connectivity index (χ3v) is 4.15. The highest BCUT2D eigenvalue weighted by atomic mass is 14.8. The number of hydrogen-bond donors (Lipinski definition) is 1. The summed E-state index contributed by atoms with van der Waals surface area (Å²) in [5.74, 6) is 0. The zero-order valence-electron chi connectivity index (χ0n) is 13.1. The Balaban J connectivity index is 0.000000191. The predicted octanol–water partition coefficient (Wildman–Crippen LogP) is 5.85. The van der Waals surface area contributed by atoms with Crippen molar-refractivity contribution in [1.82, 2.24) is 5.32 Å². The van der Waals surface area contributed by atoms with Crippen LogP contribution in [0.15, 0.2) is 35.2 Å². The van der Waals surface area contributed by atoms with Crippen LogP contribution in [0.2, 0.25) is 0 Å². The van der Waals surface area contributed by atoms with Gasteiger partial charge in [-0.1, -0.05) is 63.9 Å². The van der Waals surface area contributed by atoms with Gasteiger partial charge in [0.1, 0.15) is 0 Å². The quantitative estimate of drug-likeness (QED) is 0.576. The zero-order valence-corrected chi connectivity index (χ0v) is 13.1. The molecule has 0 aromatic carbocycles. The van der Waals surface area contributed by atoms with E-state index in [1.807, 2.05) is 12.3 Å². The van der Waals surface area contributed by atoms with Crippen molar-refractivity contribution < 1.29 is 0 Å². The molecule has 2 aliphatic rings. The molecule has 1 aliphatic heterocycles. The molecule has 1 heteroatoms. The molecule has 1 saturated carbocycles. The highest BCUT2D eigenvalue weighted by Gasteiger charge is 1.98. The maximum absolute atomic E-state index is 3.17. The summed E-state index contributed by atoms with van der Waals surface area (Å²) in [6.07, 6.45) is 19.6. The first kappa shape index (κ1) is 16.1. The van der Waals surface area contributed by atoms with Crippen molar-refractivity contribution >= 4 is 0 Å². The van der Waals surface area contributed by atoms with Crippen LogP contribution in [-0.2, 0) is 0 Å². The largest absolute Gasteiger partial charge is 0.365 e. The Labute approximate surface area is 119 Å². The minimum absolute atomic E-state index is 1.24. The highest BCUT2D eigenvalue weighted by molar-refractivity contribution is 5.35. The summed E-state index contributed by atoms with van der Waals surface area (Å²) in [6.45, 7) is 6.33. The van der Waals surface area contributed by atoms with Crippen LogP contribution in [0.4, 0.5) is 0 Å². The third-order valence-electron chi connectivity index (χ3n) is 4.15. The minimum Gasteiger partial charge on any atom is -0.365 e. The lowest BCUT2D eigenvalue weighted by Crippen LogP contribution is -2.02. The first-order chi connectivity index (χ1) is 9.22. The molecule has 1 fully saturated rings. The Morgan fingerprint density at radius 1 is 0.737 bits per heavy atom. The van der Waals surface area contributed by atoms with E-state index in [0.717, 1.165) is 0 Å². The van der Waals surface area contributed by atoms with Crippen LogP contribution in [0.25, 0.3) is 0 Å². The van der Waals surface area contributed by atoms with Crippen LogP contribution in [0.1, 0.15) is 78.6 Å². The Kier molecular flexibility index (Phi) is 8.36. The van der Waals surface area contributed by atoms with Gasteiger partial charge in [-0.15, -0.1) is 0 Å². The number of nitrogens with one attached hydrogen (secondary N) is 1. The molecule has 0 radical (unpaired) electrons. The van der Waals surface area contributed by atoms with Crippen molar-refractivity contribution in [1.29, 1.82) is 0 Å². The Morgan fingerprint density at radius 2 is 1.16 bits per heavy atom. The standard InChI is InChI=1S/C9H13N.C9H18/c1-7-5-4-6-10-9(3)8(7)2;1-2-4-6-8-9-7-5-3-1/h4-6,10H,1-3H3;1-9H2. The van der Waals surface area contributed by atoms with E-state index in [4.69, 9.17) is 0 Å². The lowest BCUT2D eigenvalue weighted by molar-refractivity contribution is 0.624. The van der Waals surface area contributed by atoms with Gasteiger partial charge in [0.15, 0.2) is 0 Å². The number of rotatable bonds is 0.